The fourth-order valence-electron chi connectivity index (χ4n) is 3.19. The van der Waals surface area contributed by atoms with Gasteiger partial charge < -0.3 is 14.6 Å². The molecule has 1 unspecified atom stereocenters. The van der Waals surface area contributed by atoms with Crippen LogP contribution in [0.5, 0.6) is 5.75 Å². The maximum absolute atomic E-state index is 12.2. The number of aryl methyl sites for hydroxylation is 2. The normalized spacial score (nSPS) is 17.4. The van der Waals surface area contributed by atoms with Crippen molar-refractivity contribution in [2.24, 2.45) is 0 Å². The zero-order valence-electron chi connectivity index (χ0n) is 13.7. The van der Waals surface area contributed by atoms with Crippen molar-refractivity contribution in [2.45, 2.75) is 45.1 Å². The van der Waals surface area contributed by atoms with E-state index in [4.69, 9.17) is 11.6 Å². The minimum atomic E-state index is -4.67. The first kappa shape index (κ1) is 18.1. The zero-order chi connectivity index (χ0) is 18.0. The highest BCUT2D eigenvalue weighted by Gasteiger charge is 2.31. The molecule has 0 aliphatic carbocycles. The Balaban J connectivity index is 1.66. The van der Waals surface area contributed by atoms with Crippen LogP contribution >= 0.6 is 11.6 Å². The van der Waals surface area contributed by atoms with Crippen molar-refractivity contribution in [1.29, 1.82) is 0 Å². The molecule has 1 N–H and O–H groups in total. The van der Waals surface area contributed by atoms with Crippen LogP contribution in [0.25, 0.3) is 0 Å². The number of nitrogens with one attached hydrogen (secondary N) is 1. The van der Waals surface area contributed by atoms with Crippen LogP contribution in [-0.4, -0.2) is 22.5 Å². The van der Waals surface area contributed by atoms with E-state index in [2.05, 4.69) is 19.6 Å². The lowest BCUT2D eigenvalue weighted by atomic mass is 10.0. The molecule has 8 heteroatoms. The number of fused-ring (bicyclic) bond motifs is 1. The molecule has 0 fully saturated rings. The van der Waals surface area contributed by atoms with Crippen LogP contribution in [0, 0.1) is 0 Å². The summed E-state index contributed by atoms with van der Waals surface area (Å²) < 4.78 is 42.6. The summed E-state index contributed by atoms with van der Waals surface area (Å²) in [4.78, 5) is 4.43. The van der Waals surface area contributed by atoms with Gasteiger partial charge in [-0.05, 0) is 30.5 Å². The molecule has 136 valence electrons. The van der Waals surface area contributed by atoms with Crippen molar-refractivity contribution in [3.63, 3.8) is 0 Å². The molecule has 0 saturated carbocycles. The van der Waals surface area contributed by atoms with Gasteiger partial charge >= 0.3 is 6.36 Å². The van der Waals surface area contributed by atoms with E-state index in [1.54, 1.807) is 12.1 Å². The average Bonchev–Trinajstić information content (AvgIpc) is 2.90. The molecule has 1 aliphatic heterocycles. The Morgan fingerprint density at radius 3 is 2.68 bits per heavy atom. The fraction of sp³-hybridized carbons (Fsp3) is 0.471. The molecule has 0 saturated heterocycles. The van der Waals surface area contributed by atoms with Gasteiger partial charge in [0.1, 0.15) is 11.6 Å². The third kappa shape index (κ3) is 4.27. The van der Waals surface area contributed by atoms with Crippen molar-refractivity contribution in [3.05, 3.63) is 46.5 Å². The lowest BCUT2D eigenvalue weighted by Gasteiger charge is -2.27. The van der Waals surface area contributed by atoms with Gasteiger partial charge in [-0.1, -0.05) is 30.7 Å². The highest BCUT2D eigenvalue weighted by molar-refractivity contribution is 6.30. The van der Waals surface area contributed by atoms with E-state index in [1.165, 1.54) is 12.1 Å². The highest BCUT2D eigenvalue weighted by Crippen LogP contribution is 2.30. The average molecular weight is 374 g/mol. The maximum atomic E-state index is 12.2. The monoisotopic (exact) mass is 373 g/mol. The minimum Gasteiger partial charge on any atom is -0.406 e. The molecule has 0 bridgehead atoms. The first-order valence-corrected chi connectivity index (χ1v) is 8.58. The Kier molecular flexibility index (Phi) is 5.24. The zero-order valence-corrected chi connectivity index (χ0v) is 14.5. The molecule has 2 aromatic rings. The number of imidazole rings is 1. The Morgan fingerprint density at radius 2 is 2.04 bits per heavy atom. The summed E-state index contributed by atoms with van der Waals surface area (Å²) in [5, 5.41) is 3.98. The number of alkyl halides is 3. The molecule has 0 amide bonds. The fourth-order valence-corrected chi connectivity index (χ4v) is 3.52. The van der Waals surface area contributed by atoms with E-state index < -0.39 is 6.36 Å². The first-order valence-electron chi connectivity index (χ1n) is 8.20. The third-order valence-electron chi connectivity index (χ3n) is 4.29. The molecule has 1 aromatic carbocycles. The standard InChI is InChI=1S/C17H19ClF3N3O/c1-2-14-23-16(18)15-13(22-9-10-24(14)15)8-5-11-3-6-12(7-4-11)25-17(19,20)21/h3-4,6-7,13,22H,2,5,8-10H2,1H3. The van der Waals surface area contributed by atoms with Crippen molar-refractivity contribution < 1.29 is 17.9 Å². The quantitative estimate of drug-likeness (QED) is 0.850. The molecular formula is C17H19ClF3N3O. The lowest BCUT2D eigenvalue weighted by molar-refractivity contribution is -0.274. The van der Waals surface area contributed by atoms with Crippen molar-refractivity contribution >= 4 is 11.6 Å². The largest absolute Gasteiger partial charge is 0.573 e. The number of hydrogen-bond donors (Lipinski definition) is 1. The molecule has 4 nitrogen and oxygen atoms in total. The van der Waals surface area contributed by atoms with Gasteiger partial charge in [0.05, 0.1) is 11.7 Å². The summed E-state index contributed by atoms with van der Waals surface area (Å²) >= 11 is 6.31. The molecule has 1 atom stereocenters. The van der Waals surface area contributed by atoms with Crippen LogP contribution < -0.4 is 10.1 Å². The van der Waals surface area contributed by atoms with Gasteiger partial charge in [0.2, 0.25) is 0 Å². The van der Waals surface area contributed by atoms with Crippen LogP contribution in [-0.2, 0) is 19.4 Å². The molecule has 1 aromatic heterocycles. The first-order chi connectivity index (χ1) is 11.9. The molecule has 3 rings (SSSR count). The topological polar surface area (TPSA) is 39.1 Å². The van der Waals surface area contributed by atoms with Crippen LogP contribution in [0.2, 0.25) is 5.15 Å². The van der Waals surface area contributed by atoms with Gasteiger partial charge in [-0.25, -0.2) is 4.98 Å². The minimum absolute atomic E-state index is 0.0835. The molecular weight excluding hydrogens is 355 g/mol. The molecule has 2 heterocycles. The summed E-state index contributed by atoms with van der Waals surface area (Å²) in [5.41, 5.74) is 1.95. The predicted molar refractivity (Wildman–Crippen MR) is 88.8 cm³/mol. The van der Waals surface area contributed by atoms with Crippen LogP contribution in [0.15, 0.2) is 24.3 Å². The van der Waals surface area contributed by atoms with E-state index in [1.807, 2.05) is 6.92 Å². The Bertz CT molecular complexity index is 728. The predicted octanol–water partition coefficient (Wildman–Crippen LogP) is 4.27. The number of ether oxygens (including phenoxy) is 1. The molecule has 0 radical (unpaired) electrons. The summed E-state index contributed by atoms with van der Waals surface area (Å²) in [6.07, 6.45) is -2.34. The number of rotatable bonds is 5. The van der Waals surface area contributed by atoms with Crippen LogP contribution in [0.4, 0.5) is 13.2 Å². The van der Waals surface area contributed by atoms with E-state index >= 15 is 0 Å². The van der Waals surface area contributed by atoms with Gasteiger partial charge in [-0.2, -0.15) is 0 Å². The lowest BCUT2D eigenvalue weighted by Crippen LogP contribution is -2.34. The highest BCUT2D eigenvalue weighted by atomic mass is 35.5. The van der Waals surface area contributed by atoms with Gasteiger partial charge in [0.15, 0.2) is 5.15 Å². The van der Waals surface area contributed by atoms with Gasteiger partial charge in [0.25, 0.3) is 0 Å². The second-order valence-electron chi connectivity index (χ2n) is 5.95. The molecule has 25 heavy (non-hydrogen) atoms. The summed E-state index contributed by atoms with van der Waals surface area (Å²) in [7, 11) is 0. The van der Waals surface area contributed by atoms with E-state index in [0.717, 1.165) is 43.0 Å². The molecule has 0 spiro atoms. The number of nitrogens with zero attached hydrogens (tertiary/aromatic N) is 2. The maximum Gasteiger partial charge on any atom is 0.573 e. The SMILES string of the molecule is CCc1nc(Cl)c2n1CCNC2CCc1ccc(OC(F)(F)F)cc1. The number of benzene rings is 1. The number of halogens is 4. The second-order valence-corrected chi connectivity index (χ2v) is 6.30. The summed E-state index contributed by atoms with van der Waals surface area (Å²) in [6.45, 7) is 3.74. The van der Waals surface area contributed by atoms with Gasteiger partial charge in [-0.3, -0.25) is 0 Å². The Morgan fingerprint density at radius 1 is 1.32 bits per heavy atom. The van der Waals surface area contributed by atoms with E-state index in [-0.39, 0.29) is 11.8 Å². The van der Waals surface area contributed by atoms with Crippen LogP contribution in [0.1, 0.15) is 36.5 Å². The Labute approximate surface area is 149 Å². The van der Waals surface area contributed by atoms with Crippen molar-refractivity contribution in [1.82, 2.24) is 14.9 Å². The summed E-state index contributed by atoms with van der Waals surface area (Å²) in [5.74, 6) is 0.779. The number of aromatic nitrogens is 2. The summed E-state index contributed by atoms with van der Waals surface area (Å²) in [6, 6.07) is 6.06. The molecule has 1 aliphatic rings. The smallest absolute Gasteiger partial charge is 0.406 e. The Hall–Kier alpha value is -1.73. The van der Waals surface area contributed by atoms with Gasteiger partial charge in [0, 0.05) is 19.5 Å². The number of hydrogen-bond acceptors (Lipinski definition) is 3. The van der Waals surface area contributed by atoms with E-state index in [0.29, 0.717) is 11.6 Å². The van der Waals surface area contributed by atoms with Crippen molar-refractivity contribution in [2.75, 3.05) is 6.54 Å². The van der Waals surface area contributed by atoms with Crippen molar-refractivity contribution in [3.8, 4) is 5.75 Å². The van der Waals surface area contributed by atoms with Crippen LogP contribution in [0.3, 0.4) is 0 Å². The second kappa shape index (κ2) is 7.25. The van der Waals surface area contributed by atoms with E-state index in [9.17, 15) is 13.2 Å². The third-order valence-corrected chi connectivity index (χ3v) is 4.57. The van der Waals surface area contributed by atoms with Gasteiger partial charge in [-0.15, -0.1) is 13.2 Å².